The van der Waals surface area contributed by atoms with Crippen LogP contribution in [-0.2, 0) is 11.2 Å². The number of ether oxygens (including phenoxy) is 1. The topological polar surface area (TPSA) is 35.2 Å². The van der Waals surface area contributed by atoms with Crippen molar-refractivity contribution in [3.05, 3.63) is 35.4 Å². The summed E-state index contributed by atoms with van der Waals surface area (Å²) in [6, 6.07) is 8.73. The van der Waals surface area contributed by atoms with Crippen molar-refractivity contribution in [2.45, 2.75) is 33.6 Å². The average Bonchev–Trinajstić information content (AvgIpc) is 2.35. The summed E-state index contributed by atoms with van der Waals surface area (Å²) >= 11 is 0. The highest BCUT2D eigenvalue weighted by Gasteiger charge is 2.08. The minimum Gasteiger partial charge on any atom is -0.381 e. The van der Waals surface area contributed by atoms with Crippen molar-refractivity contribution in [2.24, 2.45) is 17.6 Å². The van der Waals surface area contributed by atoms with Crippen molar-refractivity contribution in [1.82, 2.24) is 0 Å². The Morgan fingerprint density at radius 2 is 1.83 bits per heavy atom. The number of benzene rings is 1. The first-order chi connectivity index (χ1) is 8.61. The van der Waals surface area contributed by atoms with Crippen LogP contribution in [0.2, 0.25) is 0 Å². The zero-order chi connectivity index (χ0) is 13.4. The molecule has 0 amide bonds. The van der Waals surface area contributed by atoms with E-state index in [1.807, 2.05) is 0 Å². The van der Waals surface area contributed by atoms with Crippen LogP contribution in [0.4, 0.5) is 0 Å². The predicted molar refractivity (Wildman–Crippen MR) is 77.7 cm³/mol. The molecule has 1 rings (SSSR count). The lowest BCUT2D eigenvalue weighted by molar-refractivity contribution is 0.0984. The summed E-state index contributed by atoms with van der Waals surface area (Å²) in [5.74, 6) is 1.14. The van der Waals surface area contributed by atoms with Gasteiger partial charge in [-0.05, 0) is 43.7 Å². The summed E-state index contributed by atoms with van der Waals surface area (Å²) in [4.78, 5) is 0. The second-order valence-electron chi connectivity index (χ2n) is 5.55. The second kappa shape index (κ2) is 8.28. The van der Waals surface area contributed by atoms with Crippen LogP contribution in [0.25, 0.3) is 0 Å². The Hall–Kier alpha value is -0.860. The zero-order valence-corrected chi connectivity index (χ0v) is 12.0. The summed E-state index contributed by atoms with van der Waals surface area (Å²) in [7, 11) is 0. The highest BCUT2D eigenvalue weighted by atomic mass is 16.5. The summed E-state index contributed by atoms with van der Waals surface area (Å²) in [5, 5.41) is 0. The molecule has 0 aliphatic rings. The van der Waals surface area contributed by atoms with Crippen LogP contribution in [0, 0.1) is 18.8 Å². The third kappa shape index (κ3) is 6.18. The zero-order valence-electron chi connectivity index (χ0n) is 12.0. The van der Waals surface area contributed by atoms with Crippen molar-refractivity contribution in [3.8, 4) is 0 Å². The smallest absolute Gasteiger partial charge is 0.0488 e. The van der Waals surface area contributed by atoms with Gasteiger partial charge in [-0.1, -0.05) is 43.7 Å². The first-order valence-electron chi connectivity index (χ1n) is 6.95. The van der Waals surface area contributed by atoms with Crippen LogP contribution in [0.1, 0.15) is 31.4 Å². The molecule has 2 nitrogen and oxygen atoms in total. The maximum Gasteiger partial charge on any atom is 0.0488 e. The number of nitrogens with two attached hydrogens (primary N) is 1. The van der Waals surface area contributed by atoms with E-state index in [0.717, 1.165) is 32.6 Å². The molecule has 0 aromatic heterocycles. The predicted octanol–water partition coefficient (Wildman–Crippen LogP) is 3.18. The van der Waals surface area contributed by atoms with Gasteiger partial charge in [-0.25, -0.2) is 0 Å². The lowest BCUT2D eigenvalue weighted by atomic mass is 9.96. The molecule has 1 aromatic carbocycles. The second-order valence-corrected chi connectivity index (χ2v) is 5.55. The van der Waals surface area contributed by atoms with E-state index in [0.29, 0.717) is 11.8 Å². The van der Waals surface area contributed by atoms with Crippen LogP contribution in [0.15, 0.2) is 24.3 Å². The van der Waals surface area contributed by atoms with Crippen molar-refractivity contribution in [1.29, 1.82) is 0 Å². The molecule has 0 fully saturated rings. The Morgan fingerprint density at radius 3 is 2.39 bits per heavy atom. The standard InChI is InChI=1S/C16H27NO/c1-13(2)12-18-9-8-16(11-17)10-15-6-4-14(3)5-7-15/h4-7,13,16H,8-12,17H2,1-3H3. The van der Waals surface area contributed by atoms with Gasteiger partial charge < -0.3 is 10.5 Å². The number of hydrogen-bond acceptors (Lipinski definition) is 2. The number of rotatable bonds is 8. The van der Waals surface area contributed by atoms with Gasteiger partial charge >= 0.3 is 0 Å². The molecule has 1 atom stereocenters. The highest BCUT2D eigenvalue weighted by Crippen LogP contribution is 2.12. The summed E-state index contributed by atoms with van der Waals surface area (Å²) < 4.78 is 5.63. The van der Waals surface area contributed by atoms with Gasteiger partial charge in [0.2, 0.25) is 0 Å². The average molecular weight is 249 g/mol. The molecule has 0 aliphatic heterocycles. The fourth-order valence-corrected chi connectivity index (χ4v) is 1.93. The van der Waals surface area contributed by atoms with E-state index in [2.05, 4.69) is 45.0 Å². The molecule has 0 spiro atoms. The molecule has 2 N–H and O–H groups in total. The highest BCUT2D eigenvalue weighted by molar-refractivity contribution is 5.21. The molecule has 2 heteroatoms. The molecule has 102 valence electrons. The Morgan fingerprint density at radius 1 is 1.17 bits per heavy atom. The molecule has 0 bridgehead atoms. The van der Waals surface area contributed by atoms with Gasteiger partial charge in [0.25, 0.3) is 0 Å². The number of aryl methyl sites for hydroxylation is 1. The van der Waals surface area contributed by atoms with Crippen LogP contribution >= 0.6 is 0 Å². The molecule has 18 heavy (non-hydrogen) atoms. The van der Waals surface area contributed by atoms with Gasteiger partial charge in [0.05, 0.1) is 0 Å². The lowest BCUT2D eigenvalue weighted by Gasteiger charge is -2.15. The van der Waals surface area contributed by atoms with Crippen molar-refractivity contribution in [3.63, 3.8) is 0 Å². The molecule has 0 radical (unpaired) electrons. The van der Waals surface area contributed by atoms with Gasteiger partial charge in [-0.2, -0.15) is 0 Å². The maximum absolute atomic E-state index is 5.84. The minimum absolute atomic E-state index is 0.528. The van der Waals surface area contributed by atoms with Crippen LogP contribution in [-0.4, -0.2) is 19.8 Å². The third-order valence-electron chi connectivity index (χ3n) is 3.10. The quantitative estimate of drug-likeness (QED) is 0.718. The third-order valence-corrected chi connectivity index (χ3v) is 3.10. The normalized spacial score (nSPS) is 12.9. The van der Waals surface area contributed by atoms with Crippen molar-refractivity contribution in [2.75, 3.05) is 19.8 Å². The lowest BCUT2D eigenvalue weighted by Crippen LogP contribution is -2.19. The van der Waals surface area contributed by atoms with Crippen LogP contribution in [0.3, 0.4) is 0 Å². The molecule has 0 saturated carbocycles. The van der Waals surface area contributed by atoms with Crippen LogP contribution in [0.5, 0.6) is 0 Å². The summed E-state index contributed by atoms with van der Waals surface area (Å²) in [6.07, 6.45) is 2.11. The summed E-state index contributed by atoms with van der Waals surface area (Å²) in [6.45, 7) is 8.87. The van der Waals surface area contributed by atoms with Crippen molar-refractivity contribution >= 4 is 0 Å². The number of hydrogen-bond donors (Lipinski definition) is 1. The van der Waals surface area contributed by atoms with E-state index < -0.39 is 0 Å². The van der Waals surface area contributed by atoms with Gasteiger partial charge in [0.15, 0.2) is 0 Å². The minimum atomic E-state index is 0.528. The van der Waals surface area contributed by atoms with Crippen LogP contribution < -0.4 is 5.73 Å². The molecular formula is C16H27NO. The first kappa shape index (κ1) is 15.2. The fraction of sp³-hybridized carbons (Fsp3) is 0.625. The molecule has 0 heterocycles. The Balaban J connectivity index is 2.30. The molecular weight excluding hydrogens is 222 g/mol. The largest absolute Gasteiger partial charge is 0.381 e. The fourth-order valence-electron chi connectivity index (χ4n) is 1.93. The molecule has 0 saturated heterocycles. The van der Waals surface area contributed by atoms with Gasteiger partial charge in [-0.3, -0.25) is 0 Å². The maximum atomic E-state index is 5.84. The van der Waals surface area contributed by atoms with E-state index in [-0.39, 0.29) is 0 Å². The van der Waals surface area contributed by atoms with E-state index in [1.165, 1.54) is 11.1 Å². The van der Waals surface area contributed by atoms with E-state index in [9.17, 15) is 0 Å². The SMILES string of the molecule is Cc1ccc(CC(CN)CCOCC(C)C)cc1. The molecule has 0 aliphatic carbocycles. The molecule has 1 unspecified atom stereocenters. The molecule has 1 aromatic rings. The monoisotopic (exact) mass is 249 g/mol. The van der Waals surface area contributed by atoms with Gasteiger partial charge in [0.1, 0.15) is 0 Å². The Labute approximate surface area is 112 Å². The first-order valence-corrected chi connectivity index (χ1v) is 6.95. The van der Waals surface area contributed by atoms with E-state index >= 15 is 0 Å². The van der Waals surface area contributed by atoms with Gasteiger partial charge in [0, 0.05) is 13.2 Å². The van der Waals surface area contributed by atoms with E-state index in [1.54, 1.807) is 0 Å². The Bertz CT molecular complexity index is 318. The van der Waals surface area contributed by atoms with Crippen molar-refractivity contribution < 1.29 is 4.74 Å². The Kier molecular flexibility index (Phi) is 6.99. The van der Waals surface area contributed by atoms with E-state index in [4.69, 9.17) is 10.5 Å². The van der Waals surface area contributed by atoms with Gasteiger partial charge in [-0.15, -0.1) is 0 Å². The summed E-state index contributed by atoms with van der Waals surface area (Å²) in [5.41, 5.74) is 8.52.